The van der Waals surface area contributed by atoms with Crippen molar-refractivity contribution in [1.29, 1.82) is 0 Å². The van der Waals surface area contributed by atoms with Gasteiger partial charge in [-0.25, -0.2) is 4.99 Å². The molecule has 0 saturated carbocycles. The van der Waals surface area contributed by atoms with Crippen LogP contribution in [0.25, 0.3) is 10.9 Å². The second-order valence-corrected chi connectivity index (χ2v) is 4.55. The standard InChI is InChI=1S/C9H7N.C5H9NO/c1-2-6-9-8(4-1)5-3-7-10-9;1-5(2)3-7-4-6-5/h1-7H;4H,3H2,1-2H3. The quantitative estimate of drug-likeness (QED) is 0.694. The molecule has 0 spiro atoms. The van der Waals surface area contributed by atoms with Gasteiger partial charge in [0, 0.05) is 11.6 Å². The first kappa shape index (κ1) is 11.6. The monoisotopic (exact) mass is 228 g/mol. The van der Waals surface area contributed by atoms with E-state index in [9.17, 15) is 0 Å². The molecule has 1 aliphatic heterocycles. The number of ether oxygens (including phenoxy) is 1. The van der Waals surface area contributed by atoms with Crippen LogP contribution in [-0.2, 0) is 4.74 Å². The van der Waals surface area contributed by atoms with Crippen molar-refractivity contribution < 1.29 is 4.74 Å². The van der Waals surface area contributed by atoms with E-state index in [1.807, 2.05) is 44.3 Å². The van der Waals surface area contributed by atoms with Gasteiger partial charge in [0.2, 0.25) is 0 Å². The molecule has 1 aliphatic rings. The third kappa shape index (κ3) is 3.28. The number of aliphatic imine (C=N–C) groups is 1. The first-order valence-electron chi connectivity index (χ1n) is 5.62. The van der Waals surface area contributed by atoms with Crippen LogP contribution in [0.2, 0.25) is 0 Å². The number of aromatic nitrogens is 1. The van der Waals surface area contributed by atoms with Crippen molar-refractivity contribution >= 4 is 17.3 Å². The highest BCUT2D eigenvalue weighted by Gasteiger charge is 2.19. The largest absolute Gasteiger partial charge is 0.481 e. The minimum absolute atomic E-state index is 0.0417. The highest BCUT2D eigenvalue weighted by molar-refractivity contribution is 5.77. The van der Waals surface area contributed by atoms with Gasteiger partial charge < -0.3 is 4.74 Å². The Morgan fingerprint density at radius 3 is 2.47 bits per heavy atom. The van der Waals surface area contributed by atoms with Crippen molar-refractivity contribution in [2.45, 2.75) is 19.4 Å². The lowest BCUT2D eigenvalue weighted by atomic mass is 10.1. The first-order chi connectivity index (χ1) is 8.17. The molecule has 88 valence electrons. The summed E-state index contributed by atoms with van der Waals surface area (Å²) in [6.45, 7) is 4.81. The number of rotatable bonds is 0. The summed E-state index contributed by atoms with van der Waals surface area (Å²) in [5.41, 5.74) is 1.10. The molecule has 3 nitrogen and oxygen atoms in total. The molecule has 0 fully saturated rings. The minimum atomic E-state index is 0.0417. The van der Waals surface area contributed by atoms with E-state index in [1.54, 1.807) is 0 Å². The molecule has 1 aromatic heterocycles. The number of para-hydroxylation sites is 1. The van der Waals surface area contributed by atoms with E-state index in [4.69, 9.17) is 4.74 Å². The number of benzene rings is 1. The highest BCUT2D eigenvalue weighted by Crippen LogP contribution is 2.12. The van der Waals surface area contributed by atoms with E-state index in [-0.39, 0.29) is 5.54 Å². The van der Waals surface area contributed by atoms with E-state index in [2.05, 4.69) is 22.1 Å². The predicted molar refractivity (Wildman–Crippen MR) is 70.3 cm³/mol. The van der Waals surface area contributed by atoms with Crippen LogP contribution in [-0.4, -0.2) is 23.5 Å². The average molecular weight is 228 g/mol. The summed E-state index contributed by atoms with van der Waals surface area (Å²) in [7, 11) is 0. The minimum Gasteiger partial charge on any atom is -0.481 e. The van der Waals surface area contributed by atoms with Crippen molar-refractivity contribution in [2.75, 3.05) is 6.61 Å². The third-order valence-corrected chi connectivity index (χ3v) is 2.43. The van der Waals surface area contributed by atoms with Gasteiger partial charge >= 0.3 is 0 Å². The van der Waals surface area contributed by atoms with E-state index < -0.39 is 0 Å². The smallest absolute Gasteiger partial charge is 0.170 e. The fraction of sp³-hybridized carbons (Fsp3) is 0.286. The Balaban J connectivity index is 0.000000136. The molecule has 0 saturated heterocycles. The Morgan fingerprint density at radius 1 is 1.12 bits per heavy atom. The van der Waals surface area contributed by atoms with Crippen LogP contribution >= 0.6 is 0 Å². The molecule has 0 bridgehead atoms. The summed E-state index contributed by atoms with van der Waals surface area (Å²) in [5.74, 6) is 0. The van der Waals surface area contributed by atoms with Gasteiger partial charge in [-0.1, -0.05) is 24.3 Å². The molecule has 0 aliphatic carbocycles. The molecule has 3 heteroatoms. The molecule has 3 rings (SSSR count). The van der Waals surface area contributed by atoms with Gasteiger partial charge in [-0.3, -0.25) is 4.98 Å². The molecule has 2 heterocycles. The van der Waals surface area contributed by atoms with Gasteiger partial charge in [0.15, 0.2) is 6.40 Å². The highest BCUT2D eigenvalue weighted by atomic mass is 16.5. The number of pyridine rings is 1. The molecule has 0 unspecified atom stereocenters. The fourth-order valence-corrected chi connectivity index (χ4v) is 1.47. The lowest BCUT2D eigenvalue weighted by molar-refractivity contribution is 0.287. The molecule has 0 amide bonds. The normalized spacial score (nSPS) is 16.1. The fourth-order valence-electron chi connectivity index (χ4n) is 1.47. The first-order valence-corrected chi connectivity index (χ1v) is 5.62. The zero-order valence-corrected chi connectivity index (χ0v) is 10.1. The van der Waals surface area contributed by atoms with E-state index in [1.165, 1.54) is 11.8 Å². The topological polar surface area (TPSA) is 34.5 Å². The Labute approximate surface area is 101 Å². The second kappa shape index (κ2) is 4.95. The van der Waals surface area contributed by atoms with Crippen LogP contribution < -0.4 is 0 Å². The predicted octanol–water partition coefficient (Wildman–Crippen LogP) is 3.06. The maximum Gasteiger partial charge on any atom is 0.170 e. The van der Waals surface area contributed by atoms with Crippen molar-refractivity contribution in [3.8, 4) is 0 Å². The summed E-state index contributed by atoms with van der Waals surface area (Å²) in [5, 5.41) is 1.20. The Hall–Kier alpha value is -1.90. The SMILES string of the molecule is CC1(C)COC=N1.c1ccc2ncccc2c1. The van der Waals surface area contributed by atoms with Crippen molar-refractivity contribution in [2.24, 2.45) is 4.99 Å². The number of nitrogens with zero attached hydrogens (tertiary/aromatic N) is 2. The molecular formula is C14H16N2O. The molecule has 0 radical (unpaired) electrons. The Kier molecular flexibility index (Phi) is 3.38. The summed E-state index contributed by atoms with van der Waals surface area (Å²) < 4.78 is 4.87. The summed E-state index contributed by atoms with van der Waals surface area (Å²) in [6.07, 6.45) is 3.32. The zero-order valence-electron chi connectivity index (χ0n) is 10.1. The summed E-state index contributed by atoms with van der Waals surface area (Å²) in [4.78, 5) is 8.20. The number of hydrogen-bond acceptors (Lipinski definition) is 3. The van der Waals surface area contributed by atoms with Gasteiger partial charge in [0.1, 0.15) is 6.61 Å². The Morgan fingerprint density at radius 2 is 1.88 bits per heavy atom. The van der Waals surface area contributed by atoms with Gasteiger partial charge in [0.25, 0.3) is 0 Å². The van der Waals surface area contributed by atoms with Crippen LogP contribution in [0.4, 0.5) is 0 Å². The molecule has 0 atom stereocenters. The molecule has 0 N–H and O–H groups in total. The Bertz CT molecular complexity index is 455. The van der Waals surface area contributed by atoms with E-state index >= 15 is 0 Å². The zero-order chi connectivity index (χ0) is 12.1. The van der Waals surface area contributed by atoms with Crippen molar-refractivity contribution in [3.63, 3.8) is 0 Å². The van der Waals surface area contributed by atoms with Crippen LogP contribution in [0.15, 0.2) is 47.6 Å². The summed E-state index contributed by atoms with van der Waals surface area (Å²) >= 11 is 0. The lowest BCUT2D eigenvalue weighted by Gasteiger charge is -2.07. The lowest BCUT2D eigenvalue weighted by Crippen LogP contribution is -2.17. The van der Waals surface area contributed by atoms with Gasteiger partial charge in [-0.15, -0.1) is 0 Å². The van der Waals surface area contributed by atoms with Crippen LogP contribution in [0.1, 0.15) is 13.8 Å². The summed E-state index contributed by atoms with van der Waals surface area (Å²) in [6, 6.07) is 12.1. The van der Waals surface area contributed by atoms with Gasteiger partial charge in [0.05, 0.1) is 11.1 Å². The van der Waals surface area contributed by atoms with E-state index in [0.29, 0.717) is 0 Å². The third-order valence-electron chi connectivity index (χ3n) is 2.43. The number of fused-ring (bicyclic) bond motifs is 1. The van der Waals surface area contributed by atoms with Gasteiger partial charge in [-0.2, -0.15) is 0 Å². The molecule has 17 heavy (non-hydrogen) atoms. The molecular weight excluding hydrogens is 212 g/mol. The van der Waals surface area contributed by atoms with Crippen LogP contribution in [0, 0.1) is 0 Å². The molecule has 1 aromatic carbocycles. The maximum atomic E-state index is 4.87. The molecule has 2 aromatic rings. The van der Waals surface area contributed by atoms with Crippen LogP contribution in [0.3, 0.4) is 0 Å². The average Bonchev–Trinajstić information content (AvgIpc) is 2.75. The van der Waals surface area contributed by atoms with Crippen molar-refractivity contribution in [3.05, 3.63) is 42.6 Å². The second-order valence-electron chi connectivity index (χ2n) is 4.55. The van der Waals surface area contributed by atoms with Crippen molar-refractivity contribution in [1.82, 2.24) is 4.98 Å². The van der Waals surface area contributed by atoms with Crippen LogP contribution in [0.5, 0.6) is 0 Å². The maximum absolute atomic E-state index is 4.87. The van der Waals surface area contributed by atoms with Gasteiger partial charge in [-0.05, 0) is 26.0 Å². The number of hydrogen-bond donors (Lipinski definition) is 0. The van der Waals surface area contributed by atoms with E-state index in [0.717, 1.165) is 12.1 Å².